The van der Waals surface area contributed by atoms with E-state index in [2.05, 4.69) is 0 Å². The zero-order valence-electron chi connectivity index (χ0n) is 12.7. The van der Waals surface area contributed by atoms with Crippen molar-refractivity contribution in [1.82, 2.24) is 0 Å². The van der Waals surface area contributed by atoms with Crippen LogP contribution in [0, 0.1) is 22.7 Å². The highest BCUT2D eigenvalue weighted by Gasteiger charge is 2.42. The molecular formula is C16H19NO4. The highest BCUT2D eigenvalue weighted by Crippen LogP contribution is 2.30. The minimum absolute atomic E-state index is 0.159. The maximum atomic E-state index is 12.6. The first kappa shape index (κ1) is 16.7. The van der Waals surface area contributed by atoms with Crippen molar-refractivity contribution >= 4 is 11.8 Å². The first-order valence-electron chi connectivity index (χ1n) is 6.63. The third kappa shape index (κ3) is 3.82. The van der Waals surface area contributed by atoms with Gasteiger partial charge in [-0.3, -0.25) is 9.59 Å². The molecule has 0 fully saturated rings. The van der Waals surface area contributed by atoms with Gasteiger partial charge in [-0.1, -0.05) is 0 Å². The van der Waals surface area contributed by atoms with Crippen molar-refractivity contribution in [3.8, 4) is 11.8 Å². The van der Waals surface area contributed by atoms with Gasteiger partial charge in [0, 0.05) is 5.56 Å². The van der Waals surface area contributed by atoms with Crippen LogP contribution in [0.1, 0.15) is 31.1 Å². The maximum absolute atomic E-state index is 12.6. The molecule has 21 heavy (non-hydrogen) atoms. The van der Waals surface area contributed by atoms with Gasteiger partial charge in [0.2, 0.25) is 0 Å². The molecule has 1 atom stereocenters. The molecule has 5 heteroatoms. The second-order valence-corrected chi connectivity index (χ2v) is 5.11. The molecule has 1 aromatic rings. The molecule has 0 saturated heterocycles. The average molecular weight is 289 g/mol. The summed E-state index contributed by atoms with van der Waals surface area (Å²) >= 11 is 0. The Kier molecular flexibility index (Phi) is 5.48. The van der Waals surface area contributed by atoms with Crippen LogP contribution in [0.25, 0.3) is 0 Å². The van der Waals surface area contributed by atoms with Crippen molar-refractivity contribution in [1.29, 1.82) is 5.26 Å². The Bertz CT molecular complexity index is 555. The molecule has 0 aliphatic carbocycles. The molecule has 0 radical (unpaired) electrons. The third-order valence-electron chi connectivity index (χ3n) is 3.17. The van der Waals surface area contributed by atoms with Crippen molar-refractivity contribution in [2.24, 2.45) is 11.3 Å². The van der Waals surface area contributed by atoms with E-state index in [9.17, 15) is 14.9 Å². The topological polar surface area (TPSA) is 76.4 Å². The molecule has 0 bridgehead atoms. The van der Waals surface area contributed by atoms with E-state index in [1.54, 1.807) is 45.0 Å². The molecule has 0 heterocycles. The summed E-state index contributed by atoms with van der Waals surface area (Å²) in [4.78, 5) is 24.6. The molecule has 5 nitrogen and oxygen atoms in total. The Morgan fingerprint density at radius 2 is 1.86 bits per heavy atom. The van der Waals surface area contributed by atoms with Gasteiger partial charge in [-0.15, -0.1) is 0 Å². The maximum Gasteiger partial charge on any atom is 0.318 e. The summed E-state index contributed by atoms with van der Waals surface area (Å²) in [5, 5.41) is 9.23. The smallest absolute Gasteiger partial charge is 0.318 e. The quantitative estimate of drug-likeness (QED) is 0.457. The lowest BCUT2D eigenvalue weighted by Gasteiger charge is -2.25. The van der Waals surface area contributed by atoms with E-state index in [0.29, 0.717) is 11.3 Å². The Labute approximate surface area is 124 Å². The van der Waals surface area contributed by atoms with Crippen LogP contribution in [-0.4, -0.2) is 25.5 Å². The number of rotatable bonds is 6. The van der Waals surface area contributed by atoms with Crippen LogP contribution in [0.2, 0.25) is 0 Å². The van der Waals surface area contributed by atoms with Crippen molar-refractivity contribution in [2.45, 2.75) is 20.8 Å². The number of methoxy groups -OCH3 is 1. The van der Waals surface area contributed by atoms with E-state index in [-0.39, 0.29) is 6.61 Å². The first-order chi connectivity index (χ1) is 9.87. The number of Topliss-reactive ketones (excluding diaryl/α,β-unsaturated/α-hetero) is 1. The van der Waals surface area contributed by atoms with Crippen LogP contribution in [0.5, 0.6) is 5.75 Å². The fraction of sp³-hybridized carbons (Fsp3) is 0.438. The summed E-state index contributed by atoms with van der Waals surface area (Å²) < 4.78 is 9.97. The largest absolute Gasteiger partial charge is 0.497 e. The summed E-state index contributed by atoms with van der Waals surface area (Å²) in [6.07, 6.45) is 0. The Morgan fingerprint density at radius 1 is 1.29 bits per heavy atom. The van der Waals surface area contributed by atoms with Gasteiger partial charge < -0.3 is 9.47 Å². The lowest BCUT2D eigenvalue weighted by atomic mass is 9.76. The molecule has 0 saturated carbocycles. The average Bonchev–Trinajstić information content (AvgIpc) is 2.47. The Balaban J connectivity index is 3.16. The second kappa shape index (κ2) is 6.89. The van der Waals surface area contributed by atoms with Crippen molar-refractivity contribution < 1.29 is 19.1 Å². The van der Waals surface area contributed by atoms with E-state index in [1.165, 1.54) is 7.11 Å². The normalized spacial score (nSPS) is 12.1. The van der Waals surface area contributed by atoms with Gasteiger partial charge in [0.05, 0.1) is 25.2 Å². The van der Waals surface area contributed by atoms with E-state index >= 15 is 0 Å². The van der Waals surface area contributed by atoms with Crippen LogP contribution in [0.3, 0.4) is 0 Å². The molecule has 0 amide bonds. The standard InChI is InChI=1S/C16H19NO4/c1-5-21-15(19)13(16(2,3)10-17)14(18)11-6-8-12(20-4)9-7-11/h6-9,13H,5H2,1-4H3. The minimum Gasteiger partial charge on any atom is -0.497 e. The number of esters is 1. The van der Waals surface area contributed by atoms with Crippen molar-refractivity contribution in [3.63, 3.8) is 0 Å². The van der Waals surface area contributed by atoms with Crippen LogP contribution >= 0.6 is 0 Å². The fourth-order valence-corrected chi connectivity index (χ4v) is 1.94. The second-order valence-electron chi connectivity index (χ2n) is 5.11. The number of carbonyl (C=O) groups is 2. The van der Waals surface area contributed by atoms with Crippen molar-refractivity contribution in [2.75, 3.05) is 13.7 Å². The monoisotopic (exact) mass is 289 g/mol. The van der Waals surface area contributed by atoms with Crippen LogP contribution in [-0.2, 0) is 9.53 Å². The van der Waals surface area contributed by atoms with Crippen LogP contribution in [0.15, 0.2) is 24.3 Å². The fourth-order valence-electron chi connectivity index (χ4n) is 1.94. The number of nitrogens with zero attached hydrogens (tertiary/aromatic N) is 1. The van der Waals surface area contributed by atoms with Gasteiger partial charge in [0.15, 0.2) is 5.78 Å². The van der Waals surface area contributed by atoms with Gasteiger partial charge in [0.1, 0.15) is 11.7 Å². The zero-order chi connectivity index (χ0) is 16.0. The lowest BCUT2D eigenvalue weighted by molar-refractivity contribution is -0.148. The molecule has 1 rings (SSSR count). The summed E-state index contributed by atoms with van der Waals surface area (Å²) in [6, 6.07) is 8.42. The summed E-state index contributed by atoms with van der Waals surface area (Å²) in [6.45, 7) is 4.92. The molecule has 0 aliphatic rings. The molecule has 112 valence electrons. The molecule has 1 aromatic carbocycles. The molecule has 0 spiro atoms. The molecular weight excluding hydrogens is 270 g/mol. The highest BCUT2D eigenvalue weighted by atomic mass is 16.5. The molecule has 0 N–H and O–H groups in total. The van der Waals surface area contributed by atoms with Gasteiger partial charge in [-0.2, -0.15) is 5.26 Å². The van der Waals surface area contributed by atoms with Crippen LogP contribution in [0.4, 0.5) is 0 Å². The number of hydrogen-bond donors (Lipinski definition) is 0. The van der Waals surface area contributed by atoms with Gasteiger partial charge in [0.25, 0.3) is 0 Å². The number of carbonyl (C=O) groups excluding carboxylic acids is 2. The molecule has 0 aliphatic heterocycles. The number of benzene rings is 1. The highest BCUT2D eigenvalue weighted by molar-refractivity contribution is 6.09. The van der Waals surface area contributed by atoms with E-state index in [0.717, 1.165) is 0 Å². The number of nitriles is 1. The predicted octanol–water partition coefficient (Wildman–Crippen LogP) is 2.61. The Hall–Kier alpha value is -2.35. The van der Waals surface area contributed by atoms with E-state index in [4.69, 9.17) is 9.47 Å². The summed E-state index contributed by atoms with van der Waals surface area (Å²) in [5.41, 5.74) is -0.805. The predicted molar refractivity (Wildman–Crippen MR) is 76.8 cm³/mol. The molecule has 1 unspecified atom stereocenters. The van der Waals surface area contributed by atoms with Gasteiger partial charge in [-0.05, 0) is 45.0 Å². The molecule has 0 aromatic heterocycles. The minimum atomic E-state index is -1.16. The van der Waals surface area contributed by atoms with E-state index in [1.807, 2.05) is 6.07 Å². The van der Waals surface area contributed by atoms with Crippen LogP contribution < -0.4 is 4.74 Å². The number of ether oxygens (including phenoxy) is 2. The number of ketones is 1. The Morgan fingerprint density at radius 3 is 2.29 bits per heavy atom. The van der Waals surface area contributed by atoms with Gasteiger partial charge >= 0.3 is 5.97 Å². The number of hydrogen-bond acceptors (Lipinski definition) is 5. The summed E-state index contributed by atoms with van der Waals surface area (Å²) in [5.74, 6) is -1.65. The zero-order valence-corrected chi connectivity index (χ0v) is 12.7. The van der Waals surface area contributed by atoms with E-state index < -0.39 is 23.1 Å². The summed E-state index contributed by atoms with van der Waals surface area (Å²) in [7, 11) is 1.52. The van der Waals surface area contributed by atoms with Crippen molar-refractivity contribution in [3.05, 3.63) is 29.8 Å². The lowest BCUT2D eigenvalue weighted by Crippen LogP contribution is -2.38. The first-order valence-corrected chi connectivity index (χ1v) is 6.63. The SMILES string of the molecule is CCOC(=O)C(C(=O)c1ccc(OC)cc1)C(C)(C)C#N. The third-order valence-corrected chi connectivity index (χ3v) is 3.17. The van der Waals surface area contributed by atoms with Gasteiger partial charge in [-0.25, -0.2) is 0 Å².